The van der Waals surface area contributed by atoms with E-state index in [9.17, 15) is 29.4 Å². The standard InChI is InChI=1S/2C12H23NO2.2C4H9O.Ti/c2*1-4-6-8-13(9-7-5-2)12(15)10-11(3)14;2*1-4(2)3-5;/h2*4-10H2,1-3H3;2*4H,3H2,1-2H3;/q;;2*-1;+4. The molecule has 2 amide bonds. The van der Waals surface area contributed by atoms with Crippen molar-refractivity contribution < 1.29 is 51.1 Å². The molecule has 41 heavy (non-hydrogen) atoms. The summed E-state index contributed by atoms with van der Waals surface area (Å²) in [6.07, 6.45) is 8.53. The number of nitrogens with zero attached hydrogens (tertiary/aromatic N) is 2. The monoisotopic (exact) mass is 620 g/mol. The number of rotatable bonds is 18. The van der Waals surface area contributed by atoms with E-state index >= 15 is 0 Å². The van der Waals surface area contributed by atoms with Gasteiger partial charge in [0.05, 0.1) is 12.8 Å². The molecule has 0 N–H and O–H groups in total. The Morgan fingerprint density at radius 3 is 0.854 bits per heavy atom. The first kappa shape index (κ1) is 49.6. The summed E-state index contributed by atoms with van der Waals surface area (Å²) in [4.78, 5) is 48.7. The van der Waals surface area contributed by atoms with E-state index in [0.29, 0.717) is 11.8 Å². The summed E-state index contributed by atoms with van der Waals surface area (Å²) in [5.74, 6) is 0.551. The second kappa shape index (κ2) is 36.9. The third-order valence-corrected chi connectivity index (χ3v) is 5.30. The van der Waals surface area contributed by atoms with Gasteiger partial charge in [-0.05, 0) is 39.5 Å². The number of carbonyl (C=O) groups excluding carboxylic acids is 4. The molecule has 0 aromatic rings. The van der Waals surface area contributed by atoms with Gasteiger partial charge in [-0.1, -0.05) is 92.9 Å². The van der Waals surface area contributed by atoms with E-state index < -0.39 is 0 Å². The van der Waals surface area contributed by atoms with E-state index in [2.05, 4.69) is 27.7 Å². The van der Waals surface area contributed by atoms with Crippen LogP contribution in [0.25, 0.3) is 0 Å². The Kier molecular flexibility index (Phi) is 44.7. The zero-order chi connectivity index (χ0) is 31.9. The third kappa shape index (κ3) is 43.5. The van der Waals surface area contributed by atoms with Crippen molar-refractivity contribution in [2.24, 2.45) is 11.8 Å². The molecule has 0 aliphatic carbocycles. The summed E-state index contributed by atoms with van der Waals surface area (Å²) >= 11 is 0. The van der Waals surface area contributed by atoms with Crippen LogP contribution < -0.4 is 10.2 Å². The summed E-state index contributed by atoms with van der Waals surface area (Å²) in [5.41, 5.74) is 0. The largest absolute Gasteiger partial charge is 4.00 e. The fraction of sp³-hybridized carbons (Fsp3) is 0.875. The van der Waals surface area contributed by atoms with Gasteiger partial charge < -0.3 is 20.0 Å². The smallest absolute Gasteiger partial charge is 0.854 e. The van der Waals surface area contributed by atoms with E-state index in [1.54, 1.807) is 0 Å². The second-order valence-electron chi connectivity index (χ2n) is 11.1. The number of carbonyl (C=O) groups is 4. The van der Waals surface area contributed by atoms with Crippen LogP contribution in [-0.4, -0.2) is 72.6 Å². The van der Waals surface area contributed by atoms with Gasteiger partial charge in [-0.15, -0.1) is 13.2 Å². The first-order chi connectivity index (χ1) is 18.8. The van der Waals surface area contributed by atoms with Crippen molar-refractivity contribution in [3.8, 4) is 0 Å². The average molecular weight is 621 g/mol. The molecule has 0 bridgehead atoms. The predicted octanol–water partition coefficient (Wildman–Crippen LogP) is 4.79. The molecule has 0 aliphatic rings. The van der Waals surface area contributed by atoms with Gasteiger partial charge >= 0.3 is 21.7 Å². The van der Waals surface area contributed by atoms with Gasteiger partial charge in [0.1, 0.15) is 11.6 Å². The quantitative estimate of drug-likeness (QED) is 0.161. The first-order valence-corrected chi connectivity index (χ1v) is 15.5. The van der Waals surface area contributed by atoms with Crippen molar-refractivity contribution in [2.45, 2.75) is 133 Å². The van der Waals surface area contributed by atoms with Gasteiger partial charge in [-0.2, -0.15) is 0 Å². The minimum atomic E-state index is -0.0435. The Hall–Kier alpha value is -1.09. The van der Waals surface area contributed by atoms with Crippen molar-refractivity contribution in [1.82, 2.24) is 9.80 Å². The zero-order valence-electron chi connectivity index (χ0n) is 28.3. The summed E-state index contributed by atoms with van der Waals surface area (Å²) in [6.45, 7) is 22.3. The van der Waals surface area contributed by atoms with E-state index in [0.717, 1.165) is 77.5 Å². The summed E-state index contributed by atoms with van der Waals surface area (Å²) < 4.78 is 0. The molecule has 0 aromatic heterocycles. The Balaban J connectivity index is -0.000000156. The van der Waals surface area contributed by atoms with Crippen molar-refractivity contribution in [3.05, 3.63) is 0 Å². The Morgan fingerprint density at radius 2 is 0.732 bits per heavy atom. The van der Waals surface area contributed by atoms with E-state index in [1.165, 1.54) is 13.8 Å². The fourth-order valence-electron chi connectivity index (χ4n) is 2.77. The molecule has 0 unspecified atom stereocenters. The van der Waals surface area contributed by atoms with Crippen LogP contribution in [0.2, 0.25) is 0 Å². The molecule has 0 heterocycles. The number of unbranched alkanes of at least 4 members (excludes halogenated alkanes) is 4. The molecular formula is C32H64N2O6Ti+2. The molecule has 0 aliphatic heterocycles. The maximum atomic E-state index is 11.7. The van der Waals surface area contributed by atoms with Crippen LogP contribution in [0.4, 0.5) is 0 Å². The zero-order valence-corrected chi connectivity index (χ0v) is 29.9. The number of hydrogen-bond acceptors (Lipinski definition) is 6. The third-order valence-electron chi connectivity index (χ3n) is 5.30. The summed E-state index contributed by atoms with van der Waals surface area (Å²) in [6, 6.07) is 0. The van der Waals surface area contributed by atoms with Crippen LogP contribution in [0.15, 0.2) is 0 Å². The molecule has 0 atom stereocenters. The molecule has 0 saturated carbocycles. The molecule has 0 radical (unpaired) electrons. The molecule has 0 spiro atoms. The van der Waals surface area contributed by atoms with Gasteiger partial charge in [-0.25, -0.2) is 0 Å². The minimum absolute atomic E-state index is 0. The van der Waals surface area contributed by atoms with Crippen molar-refractivity contribution in [1.29, 1.82) is 0 Å². The molecule has 0 rings (SSSR count). The van der Waals surface area contributed by atoms with E-state index in [1.807, 2.05) is 37.5 Å². The predicted molar refractivity (Wildman–Crippen MR) is 163 cm³/mol. The van der Waals surface area contributed by atoms with Gasteiger partial charge in [0, 0.05) is 26.2 Å². The number of amides is 2. The normalized spacial score (nSPS) is 9.71. The second-order valence-corrected chi connectivity index (χ2v) is 11.1. The average Bonchev–Trinajstić information content (AvgIpc) is 2.88. The number of Topliss-reactive ketones (excluding diaryl/α,β-unsaturated/α-hetero) is 2. The van der Waals surface area contributed by atoms with Gasteiger partial charge in [0.25, 0.3) is 0 Å². The molecule has 240 valence electrons. The number of ketones is 2. The van der Waals surface area contributed by atoms with Crippen LogP contribution in [0.5, 0.6) is 0 Å². The van der Waals surface area contributed by atoms with Crippen LogP contribution >= 0.6 is 0 Å². The summed E-state index contributed by atoms with van der Waals surface area (Å²) in [7, 11) is 0. The van der Waals surface area contributed by atoms with Crippen molar-refractivity contribution >= 4 is 23.4 Å². The molecule has 0 fully saturated rings. The maximum absolute atomic E-state index is 11.7. The van der Waals surface area contributed by atoms with Crippen LogP contribution in [0.1, 0.15) is 133 Å². The van der Waals surface area contributed by atoms with Crippen LogP contribution in [0.3, 0.4) is 0 Å². The first-order valence-electron chi connectivity index (χ1n) is 15.5. The van der Waals surface area contributed by atoms with Gasteiger partial charge in [-0.3, -0.25) is 19.2 Å². The number of hydrogen-bond donors (Lipinski definition) is 0. The van der Waals surface area contributed by atoms with E-state index in [4.69, 9.17) is 0 Å². The summed E-state index contributed by atoms with van der Waals surface area (Å²) in [5, 5.41) is 19.3. The van der Waals surface area contributed by atoms with Crippen LogP contribution in [0, 0.1) is 11.8 Å². The Bertz CT molecular complexity index is 547. The fourth-order valence-corrected chi connectivity index (χ4v) is 2.77. The van der Waals surface area contributed by atoms with Gasteiger partial charge in [0.15, 0.2) is 0 Å². The molecule has 8 nitrogen and oxygen atoms in total. The van der Waals surface area contributed by atoms with E-state index in [-0.39, 0.29) is 71.2 Å². The molecular weight excluding hydrogens is 556 g/mol. The topological polar surface area (TPSA) is 121 Å². The molecule has 0 saturated heterocycles. The van der Waals surface area contributed by atoms with Crippen molar-refractivity contribution in [3.63, 3.8) is 0 Å². The molecule has 9 heteroatoms. The van der Waals surface area contributed by atoms with Gasteiger partial charge in [0.2, 0.25) is 11.8 Å². The Morgan fingerprint density at radius 1 is 0.537 bits per heavy atom. The maximum Gasteiger partial charge on any atom is 4.00 e. The van der Waals surface area contributed by atoms with Crippen LogP contribution in [-0.2, 0) is 40.9 Å². The van der Waals surface area contributed by atoms with Crippen molar-refractivity contribution in [2.75, 3.05) is 39.4 Å². The minimum Gasteiger partial charge on any atom is -0.854 e. The molecule has 0 aromatic carbocycles. The Labute approximate surface area is 268 Å². The SMILES string of the molecule is CC(C)C[O-].CC(C)C[O-].CCCCN(CCCC)C(=O)CC(C)=O.CCCCN(CCCC)C(=O)CC(C)=O.[Ti+4].